The Morgan fingerprint density at radius 3 is 2.76 bits per heavy atom. The molecule has 0 saturated carbocycles. The second-order valence-corrected chi connectivity index (χ2v) is 6.44. The van der Waals surface area contributed by atoms with Crippen LogP contribution in [0.15, 0.2) is 74.5 Å². The number of aromatic nitrogens is 1. The topological polar surface area (TPSA) is 61.4 Å². The lowest BCUT2D eigenvalue weighted by Gasteiger charge is -2.08. The Hall–Kier alpha value is -2.86. The molecule has 0 saturated heterocycles. The zero-order valence-electron chi connectivity index (χ0n) is 12.9. The highest BCUT2D eigenvalue weighted by Gasteiger charge is 2.10. The standard InChI is InChI=1S/C19H12BrNO4/c20-14-3-5-16-13(9-14)7-8-21(16)18(22)11-24-15-4-1-12-2-6-19(23)25-17(12)10-15/h1-10H,11H2. The van der Waals surface area contributed by atoms with Gasteiger partial charge in [0.1, 0.15) is 11.3 Å². The summed E-state index contributed by atoms with van der Waals surface area (Å²) in [5.41, 5.74) is 0.820. The number of carbonyl (C=O) groups excluding carboxylic acids is 1. The maximum Gasteiger partial charge on any atom is 0.336 e. The van der Waals surface area contributed by atoms with Crippen molar-refractivity contribution in [3.63, 3.8) is 0 Å². The van der Waals surface area contributed by atoms with Crippen molar-refractivity contribution < 1.29 is 13.9 Å². The molecule has 6 heteroatoms. The fraction of sp³-hybridized carbons (Fsp3) is 0.0526. The van der Waals surface area contributed by atoms with Crippen molar-refractivity contribution in [2.24, 2.45) is 0 Å². The van der Waals surface area contributed by atoms with Gasteiger partial charge in [-0.1, -0.05) is 15.9 Å². The Labute approximate surface area is 150 Å². The van der Waals surface area contributed by atoms with Gasteiger partial charge in [-0.3, -0.25) is 9.36 Å². The van der Waals surface area contributed by atoms with Crippen LogP contribution in [0.3, 0.4) is 0 Å². The van der Waals surface area contributed by atoms with Gasteiger partial charge in [0.25, 0.3) is 5.91 Å². The molecule has 0 aliphatic heterocycles. The molecule has 0 unspecified atom stereocenters. The fourth-order valence-electron chi connectivity index (χ4n) is 2.68. The first-order valence-electron chi connectivity index (χ1n) is 7.57. The van der Waals surface area contributed by atoms with E-state index in [2.05, 4.69) is 15.9 Å². The average molecular weight is 398 g/mol. The molecule has 2 aromatic heterocycles. The van der Waals surface area contributed by atoms with Crippen molar-refractivity contribution in [2.45, 2.75) is 0 Å². The van der Waals surface area contributed by atoms with E-state index in [4.69, 9.17) is 9.15 Å². The lowest BCUT2D eigenvalue weighted by atomic mass is 10.2. The largest absolute Gasteiger partial charge is 0.484 e. The summed E-state index contributed by atoms with van der Waals surface area (Å²) >= 11 is 3.41. The number of benzene rings is 2. The molecule has 0 aliphatic rings. The fourth-order valence-corrected chi connectivity index (χ4v) is 3.06. The molecule has 124 valence electrons. The second-order valence-electron chi connectivity index (χ2n) is 5.53. The third-order valence-electron chi connectivity index (χ3n) is 3.88. The second kappa shape index (κ2) is 6.22. The van der Waals surface area contributed by atoms with Crippen LogP contribution in [0.1, 0.15) is 4.79 Å². The molecule has 0 atom stereocenters. The Morgan fingerprint density at radius 2 is 1.88 bits per heavy atom. The van der Waals surface area contributed by atoms with Crippen molar-refractivity contribution in [2.75, 3.05) is 6.61 Å². The van der Waals surface area contributed by atoms with Gasteiger partial charge in [-0.25, -0.2) is 4.79 Å². The van der Waals surface area contributed by atoms with Gasteiger partial charge in [0.15, 0.2) is 6.61 Å². The van der Waals surface area contributed by atoms with Crippen LogP contribution >= 0.6 is 15.9 Å². The van der Waals surface area contributed by atoms with Crippen LogP contribution in [-0.4, -0.2) is 17.1 Å². The molecule has 2 heterocycles. The van der Waals surface area contributed by atoms with Gasteiger partial charge in [0.05, 0.1) is 5.52 Å². The van der Waals surface area contributed by atoms with E-state index in [1.165, 1.54) is 6.07 Å². The molecule has 0 N–H and O–H groups in total. The summed E-state index contributed by atoms with van der Waals surface area (Å²) in [6.45, 7) is -0.123. The third kappa shape index (κ3) is 3.08. The van der Waals surface area contributed by atoms with Crippen molar-refractivity contribution >= 4 is 43.7 Å². The minimum Gasteiger partial charge on any atom is -0.484 e. The molecule has 0 spiro atoms. The number of hydrogen-bond acceptors (Lipinski definition) is 4. The molecule has 0 bridgehead atoms. The molecule has 0 fully saturated rings. The van der Waals surface area contributed by atoms with Crippen LogP contribution in [0.4, 0.5) is 0 Å². The smallest absolute Gasteiger partial charge is 0.336 e. The zero-order valence-corrected chi connectivity index (χ0v) is 14.5. The molecule has 4 rings (SSSR count). The maximum absolute atomic E-state index is 12.4. The number of fused-ring (bicyclic) bond motifs is 2. The Bertz CT molecular complexity index is 1160. The van der Waals surface area contributed by atoms with Crippen LogP contribution in [0.5, 0.6) is 5.75 Å². The van der Waals surface area contributed by atoms with E-state index in [-0.39, 0.29) is 12.5 Å². The molecule has 4 aromatic rings. The van der Waals surface area contributed by atoms with Crippen LogP contribution in [0.2, 0.25) is 0 Å². The summed E-state index contributed by atoms with van der Waals surface area (Å²) < 4.78 is 13.2. The summed E-state index contributed by atoms with van der Waals surface area (Å²) in [4.78, 5) is 23.7. The predicted octanol–water partition coefficient (Wildman–Crippen LogP) is 4.23. The first-order valence-corrected chi connectivity index (χ1v) is 8.36. The molecule has 5 nitrogen and oxygen atoms in total. The summed E-state index contributed by atoms with van der Waals surface area (Å²) in [6.07, 6.45) is 1.72. The molecule has 0 amide bonds. The van der Waals surface area contributed by atoms with E-state index in [0.29, 0.717) is 11.3 Å². The maximum atomic E-state index is 12.4. The molecule has 25 heavy (non-hydrogen) atoms. The monoisotopic (exact) mass is 397 g/mol. The van der Waals surface area contributed by atoms with E-state index >= 15 is 0 Å². The average Bonchev–Trinajstić information content (AvgIpc) is 3.02. The third-order valence-corrected chi connectivity index (χ3v) is 4.37. The van der Waals surface area contributed by atoms with Gasteiger partial charge in [0.2, 0.25) is 0 Å². The van der Waals surface area contributed by atoms with Crippen LogP contribution < -0.4 is 10.4 Å². The van der Waals surface area contributed by atoms with Gasteiger partial charge in [0, 0.05) is 33.6 Å². The molecule has 0 aliphatic carbocycles. The molecule has 0 radical (unpaired) electrons. The van der Waals surface area contributed by atoms with Gasteiger partial charge in [-0.15, -0.1) is 0 Å². The minimum atomic E-state index is -0.425. The van der Waals surface area contributed by atoms with Gasteiger partial charge < -0.3 is 9.15 Å². The number of carbonyl (C=O) groups is 1. The van der Waals surface area contributed by atoms with E-state index < -0.39 is 5.63 Å². The van der Waals surface area contributed by atoms with Crippen molar-refractivity contribution in [1.29, 1.82) is 0 Å². The predicted molar refractivity (Wildman–Crippen MR) is 98.2 cm³/mol. The SMILES string of the molecule is O=C(COc1ccc2ccc(=O)oc2c1)n1ccc2cc(Br)ccc21. The van der Waals surface area contributed by atoms with Crippen molar-refractivity contribution in [3.05, 3.63) is 75.7 Å². The Morgan fingerprint density at radius 1 is 1.04 bits per heavy atom. The summed E-state index contributed by atoms with van der Waals surface area (Å²) in [5, 5.41) is 1.76. The highest BCUT2D eigenvalue weighted by molar-refractivity contribution is 9.10. The molecular formula is C19H12BrNO4. The molecule has 2 aromatic carbocycles. The Balaban J connectivity index is 1.56. The normalized spacial score (nSPS) is 11.1. The lowest BCUT2D eigenvalue weighted by molar-refractivity contribution is 0.0843. The zero-order chi connectivity index (χ0) is 17.4. The van der Waals surface area contributed by atoms with Crippen LogP contribution in [0.25, 0.3) is 21.9 Å². The van der Waals surface area contributed by atoms with E-state index in [9.17, 15) is 9.59 Å². The summed E-state index contributed by atoms with van der Waals surface area (Å²) in [5.74, 6) is 0.279. The highest BCUT2D eigenvalue weighted by atomic mass is 79.9. The number of nitrogens with zero attached hydrogens (tertiary/aromatic N) is 1. The quantitative estimate of drug-likeness (QED) is 0.485. The summed E-state index contributed by atoms with van der Waals surface area (Å²) in [6, 6.07) is 15.8. The molecular weight excluding hydrogens is 386 g/mol. The summed E-state index contributed by atoms with van der Waals surface area (Å²) in [7, 11) is 0. The minimum absolute atomic E-state index is 0.123. The van der Waals surface area contributed by atoms with Crippen molar-refractivity contribution in [3.8, 4) is 5.75 Å². The number of rotatable bonds is 3. The highest BCUT2D eigenvalue weighted by Crippen LogP contribution is 2.22. The van der Waals surface area contributed by atoms with E-state index in [0.717, 1.165) is 20.8 Å². The van der Waals surface area contributed by atoms with Crippen LogP contribution in [0, 0.1) is 0 Å². The van der Waals surface area contributed by atoms with Gasteiger partial charge in [-0.2, -0.15) is 0 Å². The van der Waals surface area contributed by atoms with E-state index in [1.54, 1.807) is 35.0 Å². The number of ether oxygens (including phenoxy) is 1. The number of halogens is 1. The van der Waals surface area contributed by atoms with Gasteiger partial charge in [-0.05, 0) is 42.5 Å². The lowest BCUT2D eigenvalue weighted by Crippen LogP contribution is -2.18. The number of hydrogen-bond donors (Lipinski definition) is 0. The van der Waals surface area contributed by atoms with Gasteiger partial charge >= 0.3 is 5.63 Å². The van der Waals surface area contributed by atoms with E-state index in [1.807, 2.05) is 24.3 Å². The van der Waals surface area contributed by atoms with Crippen molar-refractivity contribution in [1.82, 2.24) is 4.57 Å². The first kappa shape index (κ1) is 15.7. The first-order chi connectivity index (χ1) is 12.1. The van der Waals surface area contributed by atoms with Crippen LogP contribution in [-0.2, 0) is 0 Å². The Kier molecular flexibility index (Phi) is 3.89.